The van der Waals surface area contributed by atoms with Gasteiger partial charge in [-0.3, -0.25) is 18.8 Å². The molecular weight excluding hydrogens is 705 g/mol. The molecule has 10 nitrogen and oxygen atoms in total. The van der Waals surface area contributed by atoms with Crippen LogP contribution in [0.25, 0.3) is 38.9 Å². The summed E-state index contributed by atoms with van der Waals surface area (Å²) in [5.74, 6) is -2.86. The highest BCUT2D eigenvalue weighted by Gasteiger charge is 2.37. The van der Waals surface area contributed by atoms with Crippen molar-refractivity contribution in [3.63, 3.8) is 0 Å². The minimum atomic E-state index is -3.94. The van der Waals surface area contributed by atoms with E-state index in [-0.39, 0.29) is 67.5 Å². The third-order valence-electron chi connectivity index (χ3n) is 8.19. The normalized spacial score (nSPS) is 14.2. The van der Waals surface area contributed by atoms with Crippen molar-refractivity contribution in [3.05, 3.63) is 111 Å². The fourth-order valence-electron chi connectivity index (χ4n) is 5.83. The van der Waals surface area contributed by atoms with Gasteiger partial charge in [-0.05, 0) is 73.4 Å². The number of anilines is 1. The number of sulfonamides is 1. The first kappa shape index (κ1) is 33.6. The number of nitrogens with zero attached hydrogens (tertiary/aromatic N) is 5. The molecule has 3 heterocycles. The molecule has 0 bridgehead atoms. The number of aromatic nitrogens is 5. The number of benzene rings is 3. The van der Waals surface area contributed by atoms with Crippen molar-refractivity contribution in [1.82, 2.24) is 24.3 Å². The van der Waals surface area contributed by atoms with Crippen LogP contribution in [0, 0.1) is 17.5 Å². The summed E-state index contributed by atoms with van der Waals surface area (Å²) < 4.78 is 101. The van der Waals surface area contributed by atoms with Gasteiger partial charge in [-0.25, -0.2) is 40.3 Å². The Morgan fingerprint density at radius 3 is 2.38 bits per heavy atom. The van der Waals surface area contributed by atoms with Crippen LogP contribution in [0.5, 0.6) is 0 Å². The molecule has 17 heteroatoms. The fraction of sp³-hybridized carbons (Fsp3) is 0.212. The standard InChI is InChI=1S/C33H25ClF5N7O3S/c34-22-8-10-26(29-28(22)31(43-45(29)15-27(38)39)44-50(48,49)19-5-6-19)46-32(24(40)13-16-11-17(35)14-18(36)12-16)42-30-21(33(46)47)7-9-25(41-30)20-3-1-2-4-23(20)37/h1-4,7-12,14,19,24,27H,5-6,13,15,40H2,(H,43,44)/t24-/m0/s1. The van der Waals surface area contributed by atoms with E-state index < -0.39 is 57.3 Å². The summed E-state index contributed by atoms with van der Waals surface area (Å²) in [4.78, 5) is 23.4. The van der Waals surface area contributed by atoms with Crippen LogP contribution in [0.3, 0.4) is 0 Å². The van der Waals surface area contributed by atoms with E-state index in [1.165, 1.54) is 42.5 Å². The lowest BCUT2D eigenvalue weighted by Gasteiger charge is -2.20. The highest BCUT2D eigenvalue weighted by Crippen LogP contribution is 2.38. The zero-order valence-corrected chi connectivity index (χ0v) is 27.2. The SMILES string of the molecule is N[C@@H](Cc1cc(F)cc(F)c1)c1nc2nc(-c3ccccc3F)ccc2c(=O)n1-c1ccc(Cl)c2c(NS(=O)(=O)C3CC3)nn(CC(F)F)c12. The largest absolute Gasteiger partial charge is 0.321 e. The first-order valence-corrected chi connectivity index (χ1v) is 17.1. The highest BCUT2D eigenvalue weighted by molar-refractivity contribution is 7.93. The minimum absolute atomic E-state index is 0.0585. The Bertz CT molecular complexity index is 2470. The van der Waals surface area contributed by atoms with Crippen LogP contribution in [0.15, 0.2) is 71.5 Å². The van der Waals surface area contributed by atoms with Gasteiger partial charge in [-0.15, -0.1) is 0 Å². The zero-order valence-electron chi connectivity index (χ0n) is 25.6. The number of hydrogen-bond acceptors (Lipinski definition) is 7. The second kappa shape index (κ2) is 12.8. The molecule has 3 N–H and O–H groups in total. The van der Waals surface area contributed by atoms with Crippen LogP contribution < -0.4 is 16.0 Å². The Morgan fingerprint density at radius 1 is 0.980 bits per heavy atom. The maximum atomic E-state index is 14.7. The van der Waals surface area contributed by atoms with Gasteiger partial charge in [0.2, 0.25) is 10.0 Å². The first-order valence-electron chi connectivity index (χ1n) is 15.2. The molecule has 1 atom stereocenters. The monoisotopic (exact) mass is 729 g/mol. The summed E-state index contributed by atoms with van der Waals surface area (Å²) >= 11 is 6.54. The van der Waals surface area contributed by atoms with E-state index in [2.05, 4.69) is 19.8 Å². The predicted octanol–water partition coefficient (Wildman–Crippen LogP) is 6.28. The average Bonchev–Trinajstić information content (AvgIpc) is 3.85. The molecule has 0 unspecified atom stereocenters. The Hall–Kier alpha value is -4.93. The molecule has 7 rings (SSSR count). The van der Waals surface area contributed by atoms with Gasteiger partial charge in [0, 0.05) is 11.6 Å². The van der Waals surface area contributed by atoms with E-state index in [0.717, 1.165) is 21.4 Å². The van der Waals surface area contributed by atoms with Gasteiger partial charge in [-0.1, -0.05) is 23.7 Å². The Balaban J connectivity index is 1.50. The van der Waals surface area contributed by atoms with Crippen molar-refractivity contribution in [1.29, 1.82) is 0 Å². The van der Waals surface area contributed by atoms with E-state index in [1.807, 2.05) is 0 Å². The number of pyridine rings is 1. The van der Waals surface area contributed by atoms with Crippen LogP contribution in [-0.2, 0) is 23.0 Å². The van der Waals surface area contributed by atoms with Gasteiger partial charge >= 0.3 is 0 Å². The Morgan fingerprint density at radius 2 is 1.70 bits per heavy atom. The summed E-state index contributed by atoms with van der Waals surface area (Å²) in [6, 6.07) is 12.8. The van der Waals surface area contributed by atoms with Crippen molar-refractivity contribution in [2.75, 3.05) is 4.72 Å². The molecular formula is C33H25ClF5N7O3S. The van der Waals surface area contributed by atoms with Crippen LogP contribution in [0.4, 0.5) is 27.8 Å². The lowest BCUT2D eigenvalue weighted by atomic mass is 10.0. The molecule has 0 aliphatic heterocycles. The maximum Gasteiger partial charge on any atom is 0.267 e. The smallest absolute Gasteiger partial charge is 0.267 e. The van der Waals surface area contributed by atoms with Crippen molar-refractivity contribution < 1.29 is 30.4 Å². The lowest BCUT2D eigenvalue weighted by molar-refractivity contribution is 0.123. The Kier molecular flexibility index (Phi) is 8.56. The van der Waals surface area contributed by atoms with Crippen molar-refractivity contribution in [2.24, 2.45) is 5.73 Å². The van der Waals surface area contributed by atoms with Crippen LogP contribution in [-0.4, -0.2) is 44.4 Å². The lowest BCUT2D eigenvalue weighted by Crippen LogP contribution is -2.30. The number of alkyl halides is 2. The van der Waals surface area contributed by atoms with E-state index in [0.29, 0.717) is 18.9 Å². The minimum Gasteiger partial charge on any atom is -0.321 e. The first-order chi connectivity index (χ1) is 23.8. The number of hydrogen-bond donors (Lipinski definition) is 2. The summed E-state index contributed by atoms with van der Waals surface area (Å²) in [5, 5.41) is 3.25. The van der Waals surface area contributed by atoms with E-state index >= 15 is 0 Å². The molecule has 1 fully saturated rings. The number of nitrogens with one attached hydrogen (secondary N) is 1. The molecule has 50 heavy (non-hydrogen) atoms. The number of fused-ring (bicyclic) bond motifs is 2. The Labute approximate surface area is 285 Å². The fourth-order valence-corrected chi connectivity index (χ4v) is 7.41. The predicted molar refractivity (Wildman–Crippen MR) is 177 cm³/mol. The summed E-state index contributed by atoms with van der Waals surface area (Å²) in [6.45, 7) is -1.01. The van der Waals surface area contributed by atoms with E-state index in [9.17, 15) is 35.2 Å². The number of halogens is 6. The van der Waals surface area contributed by atoms with Gasteiger partial charge < -0.3 is 5.73 Å². The molecule has 3 aromatic heterocycles. The molecule has 0 radical (unpaired) electrons. The highest BCUT2D eigenvalue weighted by atomic mass is 35.5. The van der Waals surface area contributed by atoms with Crippen LogP contribution in [0.1, 0.15) is 30.3 Å². The number of nitrogens with two attached hydrogens (primary N) is 1. The molecule has 0 spiro atoms. The quantitative estimate of drug-likeness (QED) is 0.158. The molecule has 1 aliphatic carbocycles. The zero-order chi connectivity index (χ0) is 35.5. The van der Waals surface area contributed by atoms with Crippen molar-refractivity contribution >= 4 is 49.4 Å². The van der Waals surface area contributed by atoms with E-state index in [1.54, 1.807) is 6.07 Å². The average molecular weight is 730 g/mol. The molecule has 0 saturated heterocycles. The molecule has 1 saturated carbocycles. The maximum absolute atomic E-state index is 14.7. The van der Waals surface area contributed by atoms with Gasteiger partial charge in [0.1, 0.15) is 29.8 Å². The molecule has 0 amide bonds. The third-order valence-corrected chi connectivity index (χ3v) is 10.3. The second-order valence-corrected chi connectivity index (χ2v) is 14.2. The topological polar surface area (TPSA) is 138 Å². The van der Waals surface area contributed by atoms with Crippen LogP contribution in [0.2, 0.25) is 5.02 Å². The molecule has 3 aromatic carbocycles. The van der Waals surface area contributed by atoms with Gasteiger partial charge in [0.05, 0.1) is 44.0 Å². The van der Waals surface area contributed by atoms with E-state index in [4.69, 9.17) is 17.3 Å². The van der Waals surface area contributed by atoms with Gasteiger partial charge in [0.15, 0.2) is 11.5 Å². The van der Waals surface area contributed by atoms with Crippen molar-refractivity contribution in [2.45, 2.75) is 43.5 Å². The van der Waals surface area contributed by atoms with Gasteiger partial charge in [-0.2, -0.15) is 5.10 Å². The van der Waals surface area contributed by atoms with Crippen LogP contribution >= 0.6 is 11.6 Å². The second-order valence-electron chi connectivity index (χ2n) is 11.8. The molecule has 6 aromatic rings. The van der Waals surface area contributed by atoms with Crippen molar-refractivity contribution in [3.8, 4) is 16.9 Å². The molecule has 1 aliphatic rings. The summed E-state index contributed by atoms with van der Waals surface area (Å²) in [5.41, 5.74) is 5.82. The summed E-state index contributed by atoms with van der Waals surface area (Å²) in [7, 11) is -3.94. The van der Waals surface area contributed by atoms with Gasteiger partial charge in [0.25, 0.3) is 12.0 Å². The summed E-state index contributed by atoms with van der Waals surface area (Å²) in [6.07, 6.45) is -2.40. The molecule has 258 valence electrons. The third kappa shape index (κ3) is 6.29. The number of rotatable bonds is 10.